The summed E-state index contributed by atoms with van der Waals surface area (Å²) in [5, 5.41) is 4.78. The van der Waals surface area contributed by atoms with E-state index in [-0.39, 0.29) is 12.0 Å². The van der Waals surface area contributed by atoms with E-state index in [0.29, 0.717) is 33.5 Å². The van der Waals surface area contributed by atoms with Crippen LogP contribution in [0, 0.1) is 0 Å². The van der Waals surface area contributed by atoms with Crippen molar-refractivity contribution in [3.8, 4) is 11.5 Å². The molecule has 1 unspecified atom stereocenters. The van der Waals surface area contributed by atoms with Crippen LogP contribution in [-0.2, 0) is 11.2 Å². The lowest BCUT2D eigenvalue weighted by atomic mass is 10.1. The van der Waals surface area contributed by atoms with Gasteiger partial charge in [-0.05, 0) is 25.0 Å². The van der Waals surface area contributed by atoms with Crippen LogP contribution in [0.2, 0.25) is 10.0 Å². The van der Waals surface area contributed by atoms with E-state index >= 15 is 0 Å². The van der Waals surface area contributed by atoms with E-state index < -0.39 is 0 Å². The second-order valence-electron chi connectivity index (χ2n) is 4.67. The van der Waals surface area contributed by atoms with E-state index in [0.717, 1.165) is 19.4 Å². The second-order valence-corrected chi connectivity index (χ2v) is 5.49. The first kappa shape index (κ1) is 13.7. The molecule has 1 saturated heterocycles. The molecular formula is C13H13Cl2N3O2. The third-order valence-electron chi connectivity index (χ3n) is 3.26. The summed E-state index contributed by atoms with van der Waals surface area (Å²) in [6.07, 6.45) is 2.88. The molecule has 0 saturated carbocycles. The lowest BCUT2D eigenvalue weighted by molar-refractivity contribution is 0.109. The van der Waals surface area contributed by atoms with Crippen molar-refractivity contribution < 1.29 is 9.26 Å². The Hall–Kier alpha value is -1.30. The number of benzene rings is 1. The summed E-state index contributed by atoms with van der Waals surface area (Å²) in [6.45, 7) is 0.794. The Bertz CT molecular complexity index is 624. The van der Waals surface area contributed by atoms with Crippen molar-refractivity contribution in [2.24, 2.45) is 0 Å². The van der Waals surface area contributed by atoms with Crippen LogP contribution in [-0.4, -0.2) is 22.9 Å². The van der Waals surface area contributed by atoms with Crippen molar-refractivity contribution in [1.29, 1.82) is 0 Å². The highest BCUT2D eigenvalue weighted by molar-refractivity contribution is 6.37. The topological polar surface area (TPSA) is 74.2 Å². The van der Waals surface area contributed by atoms with E-state index in [1.165, 1.54) is 0 Å². The highest BCUT2D eigenvalue weighted by Crippen LogP contribution is 2.36. The molecule has 1 fully saturated rings. The first-order chi connectivity index (χ1) is 9.65. The molecule has 1 aliphatic heterocycles. The highest BCUT2D eigenvalue weighted by Gasteiger charge is 2.21. The molecule has 2 N–H and O–H groups in total. The summed E-state index contributed by atoms with van der Waals surface area (Å²) in [5.74, 6) is 0.866. The molecule has 1 aromatic carbocycles. The molecule has 0 bridgehead atoms. The predicted molar refractivity (Wildman–Crippen MR) is 76.8 cm³/mol. The zero-order chi connectivity index (χ0) is 14.1. The molecule has 1 aliphatic rings. The zero-order valence-electron chi connectivity index (χ0n) is 10.6. The van der Waals surface area contributed by atoms with Gasteiger partial charge in [0.25, 0.3) is 5.89 Å². The Balaban J connectivity index is 1.88. The van der Waals surface area contributed by atoms with Crippen LogP contribution >= 0.6 is 23.2 Å². The van der Waals surface area contributed by atoms with Gasteiger partial charge in [0.05, 0.1) is 27.4 Å². The van der Waals surface area contributed by atoms with Crippen LogP contribution in [0.1, 0.15) is 18.7 Å². The first-order valence-corrected chi connectivity index (χ1v) is 7.09. The number of anilines is 1. The molecule has 2 aromatic rings. The van der Waals surface area contributed by atoms with Crippen LogP contribution in [0.15, 0.2) is 16.7 Å². The third kappa shape index (κ3) is 2.61. The standard InChI is InChI=1S/C13H13Cl2N3O2/c14-8-3-4-9(15)12(16)11(8)13-17-10(18-20-13)6-7-2-1-5-19-7/h3-4,7H,1-2,5-6,16H2. The van der Waals surface area contributed by atoms with Gasteiger partial charge in [0.1, 0.15) is 0 Å². The molecule has 1 atom stereocenters. The minimum absolute atomic E-state index is 0.160. The number of hydrogen-bond donors (Lipinski definition) is 1. The maximum atomic E-state index is 6.12. The number of ether oxygens (including phenoxy) is 1. The molecule has 0 spiro atoms. The first-order valence-electron chi connectivity index (χ1n) is 6.33. The van der Waals surface area contributed by atoms with Crippen molar-refractivity contribution >= 4 is 28.9 Å². The van der Waals surface area contributed by atoms with Crippen LogP contribution < -0.4 is 5.73 Å². The SMILES string of the molecule is Nc1c(Cl)ccc(Cl)c1-c1nc(CC2CCCO2)no1. The average molecular weight is 314 g/mol. The van der Waals surface area contributed by atoms with Crippen LogP contribution in [0.3, 0.4) is 0 Å². The Kier molecular flexibility index (Phi) is 3.83. The van der Waals surface area contributed by atoms with Crippen molar-refractivity contribution in [2.75, 3.05) is 12.3 Å². The zero-order valence-corrected chi connectivity index (χ0v) is 12.1. The van der Waals surface area contributed by atoms with Crippen LogP contribution in [0.4, 0.5) is 5.69 Å². The van der Waals surface area contributed by atoms with Crippen molar-refractivity contribution in [1.82, 2.24) is 10.1 Å². The fourth-order valence-corrected chi connectivity index (χ4v) is 2.64. The van der Waals surface area contributed by atoms with Crippen molar-refractivity contribution in [3.05, 3.63) is 28.0 Å². The van der Waals surface area contributed by atoms with Gasteiger partial charge in [-0.25, -0.2) is 0 Å². The number of aromatic nitrogens is 2. The molecule has 20 heavy (non-hydrogen) atoms. The maximum absolute atomic E-state index is 6.12. The Morgan fingerprint density at radius 3 is 2.85 bits per heavy atom. The van der Waals surface area contributed by atoms with E-state index in [2.05, 4.69) is 10.1 Å². The molecule has 5 nitrogen and oxygen atoms in total. The minimum Gasteiger partial charge on any atom is -0.397 e. The van der Waals surface area contributed by atoms with Crippen molar-refractivity contribution in [2.45, 2.75) is 25.4 Å². The smallest absolute Gasteiger partial charge is 0.261 e. The summed E-state index contributed by atoms with van der Waals surface area (Å²) in [6, 6.07) is 3.28. The Morgan fingerprint density at radius 1 is 1.30 bits per heavy atom. The van der Waals surface area contributed by atoms with Crippen molar-refractivity contribution in [3.63, 3.8) is 0 Å². The van der Waals surface area contributed by atoms with Gasteiger partial charge < -0.3 is 15.0 Å². The number of nitrogen functional groups attached to an aromatic ring is 1. The van der Waals surface area contributed by atoms with Crippen LogP contribution in [0.5, 0.6) is 0 Å². The van der Waals surface area contributed by atoms with Gasteiger partial charge in [0.2, 0.25) is 0 Å². The molecular weight excluding hydrogens is 301 g/mol. The normalized spacial score (nSPS) is 18.6. The van der Waals surface area contributed by atoms with Gasteiger partial charge in [-0.3, -0.25) is 0 Å². The van der Waals surface area contributed by atoms with Gasteiger partial charge in [-0.15, -0.1) is 0 Å². The van der Waals surface area contributed by atoms with Gasteiger partial charge >= 0.3 is 0 Å². The summed E-state index contributed by atoms with van der Waals surface area (Å²) in [4.78, 5) is 4.33. The summed E-state index contributed by atoms with van der Waals surface area (Å²) in [5.41, 5.74) is 6.74. The average Bonchev–Trinajstić information content (AvgIpc) is 3.07. The minimum atomic E-state index is 0.160. The van der Waals surface area contributed by atoms with Gasteiger partial charge in [0, 0.05) is 13.0 Å². The number of nitrogens with zero attached hydrogens (tertiary/aromatic N) is 2. The molecule has 106 valence electrons. The molecule has 2 heterocycles. The third-order valence-corrected chi connectivity index (χ3v) is 3.90. The van der Waals surface area contributed by atoms with Crippen LogP contribution in [0.25, 0.3) is 11.5 Å². The van der Waals surface area contributed by atoms with Gasteiger partial charge in [-0.2, -0.15) is 4.98 Å². The monoisotopic (exact) mass is 313 g/mol. The Morgan fingerprint density at radius 2 is 2.10 bits per heavy atom. The molecule has 3 rings (SSSR count). The number of rotatable bonds is 3. The highest BCUT2D eigenvalue weighted by atomic mass is 35.5. The maximum Gasteiger partial charge on any atom is 0.261 e. The predicted octanol–water partition coefficient (Wildman–Crippen LogP) is 3.35. The van der Waals surface area contributed by atoms with E-state index in [4.69, 9.17) is 38.2 Å². The lowest BCUT2D eigenvalue weighted by Gasteiger charge is -2.05. The summed E-state index contributed by atoms with van der Waals surface area (Å²) >= 11 is 12.1. The molecule has 0 amide bonds. The Labute approximate surface area is 126 Å². The van der Waals surface area contributed by atoms with E-state index in [9.17, 15) is 0 Å². The summed E-state index contributed by atoms with van der Waals surface area (Å²) in [7, 11) is 0. The fourth-order valence-electron chi connectivity index (χ4n) is 2.23. The number of halogens is 2. The quantitative estimate of drug-likeness (QED) is 0.879. The van der Waals surface area contributed by atoms with Gasteiger partial charge in [-0.1, -0.05) is 28.4 Å². The molecule has 1 aromatic heterocycles. The number of nitrogens with two attached hydrogens (primary N) is 1. The fraction of sp³-hybridized carbons (Fsp3) is 0.385. The number of hydrogen-bond acceptors (Lipinski definition) is 5. The van der Waals surface area contributed by atoms with E-state index in [1.54, 1.807) is 12.1 Å². The second kappa shape index (κ2) is 5.60. The molecule has 0 radical (unpaired) electrons. The van der Waals surface area contributed by atoms with Gasteiger partial charge in [0.15, 0.2) is 5.82 Å². The largest absolute Gasteiger partial charge is 0.397 e. The lowest BCUT2D eigenvalue weighted by Crippen LogP contribution is -2.09. The van der Waals surface area contributed by atoms with E-state index in [1.807, 2.05) is 0 Å². The summed E-state index contributed by atoms with van der Waals surface area (Å²) < 4.78 is 10.8. The molecule has 0 aliphatic carbocycles. The molecule has 7 heteroatoms.